The molecule has 0 aliphatic heterocycles. The maximum Gasteiger partial charge on any atom is 0.254 e. The van der Waals surface area contributed by atoms with Crippen LogP contribution < -0.4 is 5.32 Å². The Bertz CT molecular complexity index is 575. The van der Waals surface area contributed by atoms with Crippen LogP contribution in [0.1, 0.15) is 29.8 Å². The Morgan fingerprint density at radius 2 is 2.10 bits per heavy atom. The number of carbonyl (C=O) groups is 1. The number of aromatic hydroxyl groups is 1. The Kier molecular flexibility index (Phi) is 4.40. The molecule has 5 nitrogen and oxygen atoms in total. The molecule has 0 radical (unpaired) electrons. The van der Waals surface area contributed by atoms with Crippen LogP contribution in [0.5, 0.6) is 5.75 Å². The average molecular weight is 273 g/mol. The molecular formula is C15H19N3O2. The van der Waals surface area contributed by atoms with Gasteiger partial charge in [-0.05, 0) is 38.0 Å². The van der Waals surface area contributed by atoms with E-state index in [1.165, 1.54) is 0 Å². The van der Waals surface area contributed by atoms with Gasteiger partial charge in [0.1, 0.15) is 5.75 Å². The molecule has 20 heavy (non-hydrogen) atoms. The third kappa shape index (κ3) is 3.60. The van der Waals surface area contributed by atoms with Crippen LogP contribution in [0.25, 0.3) is 0 Å². The molecule has 0 aliphatic carbocycles. The predicted molar refractivity (Wildman–Crippen MR) is 76.6 cm³/mol. The van der Waals surface area contributed by atoms with Crippen molar-refractivity contribution >= 4 is 5.91 Å². The summed E-state index contributed by atoms with van der Waals surface area (Å²) in [6.45, 7) is 4.67. The molecule has 0 fully saturated rings. The van der Waals surface area contributed by atoms with Gasteiger partial charge in [0, 0.05) is 18.8 Å². The van der Waals surface area contributed by atoms with Crippen molar-refractivity contribution in [2.75, 3.05) is 0 Å². The van der Waals surface area contributed by atoms with Gasteiger partial charge in [-0.1, -0.05) is 12.1 Å². The minimum atomic E-state index is -0.115. The number of carbonyl (C=O) groups excluding carboxylic acids is 1. The monoisotopic (exact) mass is 273 g/mol. The first kappa shape index (κ1) is 14.1. The highest BCUT2D eigenvalue weighted by atomic mass is 16.3. The molecule has 1 aromatic carbocycles. The van der Waals surface area contributed by atoms with Crippen molar-refractivity contribution < 1.29 is 9.90 Å². The van der Waals surface area contributed by atoms with Crippen LogP contribution in [0.15, 0.2) is 36.7 Å². The van der Waals surface area contributed by atoms with Crippen LogP contribution in [0.3, 0.4) is 0 Å². The maximum absolute atomic E-state index is 12.0. The molecule has 0 bridgehead atoms. The van der Waals surface area contributed by atoms with Crippen LogP contribution in [-0.4, -0.2) is 26.8 Å². The van der Waals surface area contributed by atoms with E-state index in [2.05, 4.69) is 10.4 Å². The predicted octanol–water partition coefficient (Wildman–Crippen LogP) is 1.97. The van der Waals surface area contributed by atoms with E-state index in [1.807, 2.05) is 26.0 Å². The molecule has 2 rings (SSSR count). The number of nitrogens with zero attached hydrogens (tertiary/aromatic N) is 2. The number of amides is 1. The summed E-state index contributed by atoms with van der Waals surface area (Å²) in [5, 5.41) is 16.3. The third-order valence-corrected chi connectivity index (χ3v) is 3.08. The van der Waals surface area contributed by atoms with E-state index < -0.39 is 0 Å². The van der Waals surface area contributed by atoms with E-state index in [0.29, 0.717) is 12.0 Å². The fourth-order valence-electron chi connectivity index (χ4n) is 2.00. The Hall–Kier alpha value is -2.30. The van der Waals surface area contributed by atoms with Crippen LogP contribution in [-0.2, 0) is 13.0 Å². The summed E-state index contributed by atoms with van der Waals surface area (Å²) in [5.41, 5.74) is 1.64. The second-order valence-corrected chi connectivity index (χ2v) is 4.83. The van der Waals surface area contributed by atoms with Crippen LogP contribution in [0.2, 0.25) is 0 Å². The summed E-state index contributed by atoms with van der Waals surface area (Å²) in [6.07, 6.45) is 4.03. The normalized spacial score (nSPS) is 12.1. The van der Waals surface area contributed by atoms with Gasteiger partial charge in [0.25, 0.3) is 5.91 Å². The zero-order valence-corrected chi connectivity index (χ0v) is 11.7. The molecule has 5 heteroatoms. The van der Waals surface area contributed by atoms with Gasteiger partial charge in [-0.2, -0.15) is 5.10 Å². The Balaban J connectivity index is 1.92. The number of hydrogen-bond donors (Lipinski definition) is 2. The Labute approximate surface area is 118 Å². The van der Waals surface area contributed by atoms with E-state index in [-0.39, 0.29) is 17.7 Å². The first-order chi connectivity index (χ1) is 9.58. The quantitative estimate of drug-likeness (QED) is 0.875. The molecule has 0 saturated heterocycles. The molecule has 1 atom stereocenters. The smallest absolute Gasteiger partial charge is 0.254 e. The number of phenolic OH excluding ortho intramolecular Hbond substituents is 1. The standard InChI is InChI=1S/C15H19N3O2/c1-3-18-10-13(9-16-18)15(20)17-11(2)8-12-4-6-14(19)7-5-12/h4-7,9-11,19H,3,8H2,1-2H3,(H,17,20)/t11-/m1/s1. The number of aryl methyl sites for hydroxylation is 1. The van der Waals surface area contributed by atoms with Gasteiger partial charge in [0.15, 0.2) is 0 Å². The Morgan fingerprint density at radius 1 is 1.40 bits per heavy atom. The molecule has 2 aromatic rings. The number of phenols is 1. The van der Waals surface area contributed by atoms with E-state index in [9.17, 15) is 9.90 Å². The number of nitrogens with one attached hydrogen (secondary N) is 1. The lowest BCUT2D eigenvalue weighted by molar-refractivity contribution is 0.0940. The second kappa shape index (κ2) is 6.23. The summed E-state index contributed by atoms with van der Waals surface area (Å²) in [5.74, 6) is 0.133. The molecule has 1 aromatic heterocycles. The number of benzene rings is 1. The summed E-state index contributed by atoms with van der Waals surface area (Å²) < 4.78 is 1.72. The highest BCUT2D eigenvalue weighted by molar-refractivity contribution is 5.93. The van der Waals surface area contributed by atoms with Gasteiger partial charge in [0.2, 0.25) is 0 Å². The van der Waals surface area contributed by atoms with Crippen LogP contribution in [0.4, 0.5) is 0 Å². The molecule has 1 amide bonds. The molecule has 2 N–H and O–H groups in total. The van der Waals surface area contributed by atoms with E-state index in [0.717, 1.165) is 12.1 Å². The zero-order valence-electron chi connectivity index (χ0n) is 11.7. The van der Waals surface area contributed by atoms with Gasteiger partial charge in [0.05, 0.1) is 11.8 Å². The maximum atomic E-state index is 12.0. The number of rotatable bonds is 5. The van der Waals surface area contributed by atoms with Crippen molar-refractivity contribution in [1.29, 1.82) is 0 Å². The van der Waals surface area contributed by atoms with Gasteiger partial charge < -0.3 is 10.4 Å². The third-order valence-electron chi connectivity index (χ3n) is 3.08. The van der Waals surface area contributed by atoms with Gasteiger partial charge in [-0.15, -0.1) is 0 Å². The molecular weight excluding hydrogens is 254 g/mol. The average Bonchev–Trinajstić information content (AvgIpc) is 2.90. The zero-order chi connectivity index (χ0) is 14.5. The minimum absolute atomic E-state index is 0.0111. The van der Waals surface area contributed by atoms with Gasteiger partial charge >= 0.3 is 0 Å². The second-order valence-electron chi connectivity index (χ2n) is 4.83. The van der Waals surface area contributed by atoms with E-state index >= 15 is 0 Å². The highest BCUT2D eigenvalue weighted by Gasteiger charge is 2.12. The summed E-state index contributed by atoms with van der Waals surface area (Å²) in [6, 6.07) is 7.02. The summed E-state index contributed by atoms with van der Waals surface area (Å²) >= 11 is 0. The molecule has 1 heterocycles. The largest absolute Gasteiger partial charge is 0.508 e. The van der Waals surface area contributed by atoms with Crippen LogP contribution in [0, 0.1) is 0 Å². The first-order valence-corrected chi connectivity index (χ1v) is 6.69. The lowest BCUT2D eigenvalue weighted by atomic mass is 10.1. The molecule has 0 spiro atoms. The summed E-state index contributed by atoms with van der Waals surface area (Å²) in [7, 11) is 0. The minimum Gasteiger partial charge on any atom is -0.508 e. The lowest BCUT2D eigenvalue weighted by Gasteiger charge is -2.13. The molecule has 106 valence electrons. The fourth-order valence-corrected chi connectivity index (χ4v) is 2.00. The van der Waals surface area contributed by atoms with Crippen molar-refractivity contribution in [3.8, 4) is 5.75 Å². The molecule has 0 unspecified atom stereocenters. The van der Waals surface area contributed by atoms with Crippen molar-refractivity contribution in [3.63, 3.8) is 0 Å². The van der Waals surface area contributed by atoms with Crippen molar-refractivity contribution in [2.24, 2.45) is 0 Å². The summed E-state index contributed by atoms with van der Waals surface area (Å²) in [4.78, 5) is 12.0. The van der Waals surface area contributed by atoms with Gasteiger partial charge in [-0.25, -0.2) is 0 Å². The number of aromatic nitrogens is 2. The Morgan fingerprint density at radius 3 is 2.70 bits per heavy atom. The number of hydrogen-bond acceptors (Lipinski definition) is 3. The van der Waals surface area contributed by atoms with Crippen molar-refractivity contribution in [3.05, 3.63) is 47.8 Å². The van der Waals surface area contributed by atoms with Crippen LogP contribution >= 0.6 is 0 Å². The van der Waals surface area contributed by atoms with Gasteiger partial charge in [-0.3, -0.25) is 9.48 Å². The fraction of sp³-hybridized carbons (Fsp3) is 0.333. The first-order valence-electron chi connectivity index (χ1n) is 6.69. The van der Waals surface area contributed by atoms with E-state index in [4.69, 9.17) is 0 Å². The van der Waals surface area contributed by atoms with Crippen molar-refractivity contribution in [2.45, 2.75) is 32.9 Å². The van der Waals surface area contributed by atoms with E-state index in [1.54, 1.807) is 29.2 Å². The SMILES string of the molecule is CCn1cc(C(=O)N[C@H](C)Cc2ccc(O)cc2)cn1. The molecule has 0 aliphatic rings. The van der Waals surface area contributed by atoms with Crippen molar-refractivity contribution in [1.82, 2.24) is 15.1 Å². The topological polar surface area (TPSA) is 67.2 Å². The highest BCUT2D eigenvalue weighted by Crippen LogP contribution is 2.11. The molecule has 0 saturated carbocycles. The lowest BCUT2D eigenvalue weighted by Crippen LogP contribution is -2.33.